The van der Waals surface area contributed by atoms with Crippen molar-refractivity contribution in [3.8, 4) is 0 Å². The second-order valence-electron chi connectivity index (χ2n) is 6.40. The van der Waals surface area contributed by atoms with Crippen LogP contribution in [0.5, 0.6) is 0 Å². The van der Waals surface area contributed by atoms with E-state index in [0.29, 0.717) is 23.9 Å². The van der Waals surface area contributed by atoms with E-state index in [0.717, 1.165) is 11.8 Å². The molecule has 0 saturated heterocycles. The Morgan fingerprint density at radius 3 is 2.76 bits per heavy atom. The molecular formula is C16H21NO4. The molecule has 3 rings (SSSR count). The first-order valence-electron chi connectivity index (χ1n) is 7.62. The molecule has 5 nitrogen and oxygen atoms in total. The largest absolute Gasteiger partial charge is 0.478 e. The Morgan fingerprint density at radius 2 is 2.19 bits per heavy atom. The number of carbonyl (C=O) groups excluding carboxylic acids is 1. The third-order valence-corrected chi connectivity index (χ3v) is 4.99. The zero-order valence-electron chi connectivity index (χ0n) is 12.2. The Morgan fingerprint density at radius 1 is 1.38 bits per heavy atom. The molecule has 1 aromatic rings. The molecule has 2 aliphatic carbocycles. The van der Waals surface area contributed by atoms with E-state index >= 15 is 0 Å². The van der Waals surface area contributed by atoms with Gasteiger partial charge in [0, 0.05) is 6.42 Å². The molecule has 0 aliphatic heterocycles. The third kappa shape index (κ3) is 2.96. The maximum absolute atomic E-state index is 12.0. The third-order valence-electron chi connectivity index (χ3n) is 4.99. The van der Waals surface area contributed by atoms with Gasteiger partial charge in [-0.3, -0.25) is 4.79 Å². The number of fused-ring (bicyclic) bond motifs is 2. The van der Waals surface area contributed by atoms with Gasteiger partial charge in [-0.25, -0.2) is 4.79 Å². The summed E-state index contributed by atoms with van der Waals surface area (Å²) in [5, 5.41) is 11.8. The number of hydrogen-bond acceptors (Lipinski definition) is 3. The van der Waals surface area contributed by atoms with Gasteiger partial charge in [0.2, 0.25) is 5.91 Å². The van der Waals surface area contributed by atoms with E-state index < -0.39 is 5.97 Å². The molecule has 3 unspecified atom stereocenters. The minimum atomic E-state index is -1.00. The Kier molecular flexibility index (Phi) is 3.74. The molecule has 5 heteroatoms. The molecule has 114 valence electrons. The number of furan rings is 1. The first-order chi connectivity index (χ1) is 10.0. The van der Waals surface area contributed by atoms with E-state index in [-0.39, 0.29) is 18.0 Å². The van der Waals surface area contributed by atoms with Gasteiger partial charge in [0.15, 0.2) is 0 Å². The van der Waals surface area contributed by atoms with Crippen molar-refractivity contribution in [2.75, 3.05) is 0 Å². The fourth-order valence-electron chi connectivity index (χ4n) is 3.97. The van der Waals surface area contributed by atoms with E-state index in [9.17, 15) is 9.59 Å². The van der Waals surface area contributed by atoms with Gasteiger partial charge in [-0.05, 0) is 50.0 Å². The Labute approximate surface area is 123 Å². The molecule has 0 spiro atoms. The fourth-order valence-corrected chi connectivity index (χ4v) is 3.97. The van der Waals surface area contributed by atoms with Crippen LogP contribution in [0.3, 0.4) is 0 Å². The lowest BCUT2D eigenvalue weighted by molar-refractivity contribution is -0.122. The summed E-state index contributed by atoms with van der Waals surface area (Å²) >= 11 is 0. The first-order valence-corrected chi connectivity index (χ1v) is 7.62. The monoisotopic (exact) mass is 291 g/mol. The van der Waals surface area contributed by atoms with Crippen molar-refractivity contribution in [1.82, 2.24) is 5.32 Å². The summed E-state index contributed by atoms with van der Waals surface area (Å²) in [5.74, 6) is 2.03. The van der Waals surface area contributed by atoms with Gasteiger partial charge in [0.25, 0.3) is 0 Å². The van der Waals surface area contributed by atoms with Gasteiger partial charge >= 0.3 is 5.97 Å². The van der Waals surface area contributed by atoms with Crippen molar-refractivity contribution >= 4 is 11.9 Å². The number of carboxylic acid groups (broad SMARTS) is 1. The number of carbonyl (C=O) groups is 2. The standard InChI is InChI=1S/C16H21NO4/c1-9-14(16(19)20)7-13(21-9)8-17-15(18)6-12-5-10-2-3-11(12)4-10/h7,10-12H,2-6,8H2,1H3,(H,17,18)(H,19,20). The van der Waals surface area contributed by atoms with Gasteiger partial charge in [-0.15, -0.1) is 0 Å². The predicted octanol–water partition coefficient (Wildman–Crippen LogP) is 2.73. The van der Waals surface area contributed by atoms with Gasteiger partial charge < -0.3 is 14.8 Å². The summed E-state index contributed by atoms with van der Waals surface area (Å²) in [7, 11) is 0. The molecule has 1 heterocycles. The molecule has 2 fully saturated rings. The molecule has 1 amide bonds. The summed E-state index contributed by atoms with van der Waals surface area (Å²) < 4.78 is 5.35. The average molecular weight is 291 g/mol. The van der Waals surface area contributed by atoms with E-state index in [2.05, 4.69) is 5.32 Å². The number of aryl methyl sites for hydroxylation is 1. The second-order valence-corrected chi connectivity index (χ2v) is 6.40. The molecule has 21 heavy (non-hydrogen) atoms. The zero-order valence-corrected chi connectivity index (χ0v) is 12.2. The minimum Gasteiger partial charge on any atom is -0.478 e. The van der Waals surface area contributed by atoms with Crippen LogP contribution < -0.4 is 5.32 Å². The highest BCUT2D eigenvalue weighted by atomic mass is 16.4. The van der Waals surface area contributed by atoms with Crippen LogP contribution in [0.4, 0.5) is 0 Å². The van der Waals surface area contributed by atoms with Gasteiger partial charge in [-0.2, -0.15) is 0 Å². The zero-order chi connectivity index (χ0) is 15.0. The summed E-state index contributed by atoms with van der Waals surface area (Å²) in [6, 6.07) is 1.48. The topological polar surface area (TPSA) is 79.5 Å². The molecule has 2 aliphatic rings. The van der Waals surface area contributed by atoms with Gasteiger partial charge in [0.1, 0.15) is 17.1 Å². The second kappa shape index (κ2) is 5.54. The van der Waals surface area contributed by atoms with Gasteiger partial charge in [-0.1, -0.05) is 6.42 Å². The van der Waals surface area contributed by atoms with Crippen LogP contribution in [0.1, 0.15) is 54.0 Å². The normalized spacial score (nSPS) is 27.0. The van der Waals surface area contributed by atoms with Crippen LogP contribution in [-0.2, 0) is 11.3 Å². The summed E-state index contributed by atoms with van der Waals surface area (Å²) in [6.45, 7) is 1.87. The molecule has 2 bridgehead atoms. The number of hydrogen-bond donors (Lipinski definition) is 2. The van der Waals surface area contributed by atoms with Crippen molar-refractivity contribution in [3.63, 3.8) is 0 Å². The number of rotatable bonds is 5. The molecule has 2 N–H and O–H groups in total. The molecular weight excluding hydrogens is 270 g/mol. The first kappa shape index (κ1) is 14.2. The Hall–Kier alpha value is -1.78. The lowest BCUT2D eigenvalue weighted by Crippen LogP contribution is -2.26. The summed E-state index contributed by atoms with van der Waals surface area (Å²) in [5.41, 5.74) is 0.160. The highest BCUT2D eigenvalue weighted by Crippen LogP contribution is 2.49. The maximum atomic E-state index is 12.0. The van der Waals surface area contributed by atoms with Crippen molar-refractivity contribution in [1.29, 1.82) is 0 Å². The number of aromatic carboxylic acids is 1. The smallest absolute Gasteiger partial charge is 0.339 e. The SMILES string of the molecule is Cc1oc(CNC(=O)CC2CC3CCC2C3)cc1C(=O)O. The van der Waals surface area contributed by atoms with Gasteiger partial charge in [0.05, 0.1) is 6.54 Å². The van der Waals surface area contributed by atoms with Crippen LogP contribution in [-0.4, -0.2) is 17.0 Å². The van der Waals surface area contributed by atoms with Crippen molar-refractivity contribution < 1.29 is 19.1 Å². The van der Waals surface area contributed by atoms with Crippen molar-refractivity contribution in [3.05, 3.63) is 23.2 Å². The summed E-state index contributed by atoms with van der Waals surface area (Å²) in [6.07, 6.45) is 5.71. The molecule has 0 radical (unpaired) electrons. The van der Waals surface area contributed by atoms with Crippen molar-refractivity contribution in [2.24, 2.45) is 17.8 Å². The highest BCUT2D eigenvalue weighted by molar-refractivity contribution is 5.88. The van der Waals surface area contributed by atoms with Crippen LogP contribution in [0.25, 0.3) is 0 Å². The van der Waals surface area contributed by atoms with E-state index in [1.165, 1.54) is 31.7 Å². The maximum Gasteiger partial charge on any atom is 0.339 e. The molecule has 3 atom stereocenters. The van der Waals surface area contributed by atoms with Crippen LogP contribution >= 0.6 is 0 Å². The quantitative estimate of drug-likeness (QED) is 0.874. The highest BCUT2D eigenvalue weighted by Gasteiger charge is 2.40. The Bertz CT molecular complexity index is 563. The molecule has 2 saturated carbocycles. The van der Waals surface area contributed by atoms with Crippen LogP contribution in [0, 0.1) is 24.7 Å². The lowest BCUT2D eigenvalue weighted by atomic mass is 9.86. The van der Waals surface area contributed by atoms with Crippen LogP contribution in [0.15, 0.2) is 10.5 Å². The Balaban J connectivity index is 1.49. The fraction of sp³-hybridized carbons (Fsp3) is 0.625. The summed E-state index contributed by atoms with van der Waals surface area (Å²) in [4.78, 5) is 22.9. The van der Waals surface area contributed by atoms with Crippen LogP contribution in [0.2, 0.25) is 0 Å². The van der Waals surface area contributed by atoms with E-state index in [1.807, 2.05) is 0 Å². The number of carboxylic acids is 1. The average Bonchev–Trinajstić information content (AvgIpc) is 3.11. The number of amides is 1. The number of nitrogens with one attached hydrogen (secondary N) is 1. The molecule has 1 aromatic heterocycles. The minimum absolute atomic E-state index is 0.0403. The lowest BCUT2D eigenvalue weighted by Gasteiger charge is -2.20. The van der Waals surface area contributed by atoms with E-state index in [1.54, 1.807) is 6.92 Å². The van der Waals surface area contributed by atoms with E-state index in [4.69, 9.17) is 9.52 Å². The predicted molar refractivity (Wildman–Crippen MR) is 75.8 cm³/mol. The van der Waals surface area contributed by atoms with Crippen molar-refractivity contribution in [2.45, 2.75) is 45.6 Å². The molecule has 0 aromatic carbocycles.